The van der Waals surface area contributed by atoms with Gasteiger partial charge in [-0.1, -0.05) is 19.1 Å². The van der Waals surface area contributed by atoms with E-state index in [2.05, 4.69) is 32.9 Å². The zero-order chi connectivity index (χ0) is 15.5. The number of rotatable bonds is 0. The lowest BCUT2D eigenvalue weighted by molar-refractivity contribution is -0.0606. The molecule has 0 spiro atoms. The van der Waals surface area contributed by atoms with Gasteiger partial charge in [0.1, 0.15) is 0 Å². The van der Waals surface area contributed by atoms with Crippen molar-refractivity contribution in [1.29, 1.82) is 0 Å². The molecule has 0 heterocycles. The normalized spacial score (nSPS) is 40.5. The van der Waals surface area contributed by atoms with Crippen LogP contribution in [0.1, 0.15) is 73.6 Å². The molecular formula is C21H30O. The summed E-state index contributed by atoms with van der Waals surface area (Å²) in [4.78, 5) is 0. The molecular weight excluding hydrogens is 268 g/mol. The molecule has 1 N–H and O–H groups in total. The Labute approximate surface area is 135 Å². The van der Waals surface area contributed by atoms with Gasteiger partial charge in [-0.15, -0.1) is 0 Å². The van der Waals surface area contributed by atoms with Crippen LogP contribution in [0, 0.1) is 31.1 Å². The molecule has 120 valence electrons. The summed E-state index contributed by atoms with van der Waals surface area (Å²) >= 11 is 0. The smallest absolute Gasteiger partial charge is 0.0543 e. The summed E-state index contributed by atoms with van der Waals surface area (Å²) in [6.07, 6.45) is 8.58. The van der Waals surface area contributed by atoms with Crippen LogP contribution in [0.15, 0.2) is 12.1 Å². The van der Waals surface area contributed by atoms with Crippen LogP contribution in [-0.4, -0.2) is 11.2 Å². The largest absolute Gasteiger partial charge is 0.393 e. The van der Waals surface area contributed by atoms with E-state index in [1.165, 1.54) is 37.7 Å². The molecule has 0 aromatic heterocycles. The van der Waals surface area contributed by atoms with Crippen LogP contribution in [0.2, 0.25) is 0 Å². The molecule has 0 amide bonds. The van der Waals surface area contributed by atoms with Gasteiger partial charge in [0, 0.05) is 0 Å². The van der Waals surface area contributed by atoms with Crippen LogP contribution < -0.4 is 0 Å². The zero-order valence-corrected chi connectivity index (χ0v) is 14.4. The van der Waals surface area contributed by atoms with Crippen molar-refractivity contribution in [1.82, 2.24) is 0 Å². The van der Waals surface area contributed by atoms with Gasteiger partial charge < -0.3 is 5.11 Å². The third-order valence-electron chi connectivity index (χ3n) is 7.67. The van der Waals surface area contributed by atoms with Gasteiger partial charge in [0.05, 0.1) is 6.10 Å². The number of fused-ring (bicyclic) bond motifs is 5. The van der Waals surface area contributed by atoms with E-state index < -0.39 is 0 Å². The average molecular weight is 298 g/mol. The fourth-order valence-corrected chi connectivity index (χ4v) is 6.15. The van der Waals surface area contributed by atoms with E-state index in [-0.39, 0.29) is 6.10 Å². The van der Waals surface area contributed by atoms with Gasteiger partial charge in [-0.2, -0.15) is 0 Å². The van der Waals surface area contributed by atoms with Crippen molar-refractivity contribution in [2.75, 3.05) is 0 Å². The minimum absolute atomic E-state index is 0.0320. The number of hydrogen-bond acceptors (Lipinski definition) is 1. The van der Waals surface area contributed by atoms with Crippen LogP contribution in [0.4, 0.5) is 0 Å². The molecule has 0 saturated heterocycles. The number of hydrogen-bond donors (Lipinski definition) is 1. The second kappa shape index (κ2) is 5.09. The topological polar surface area (TPSA) is 20.2 Å². The molecule has 0 radical (unpaired) electrons. The fourth-order valence-electron chi connectivity index (χ4n) is 6.15. The lowest BCUT2D eigenvalue weighted by atomic mass is 9.49. The summed E-state index contributed by atoms with van der Waals surface area (Å²) in [5, 5.41) is 10.1. The zero-order valence-electron chi connectivity index (χ0n) is 14.4. The highest BCUT2D eigenvalue weighted by atomic mass is 16.3. The summed E-state index contributed by atoms with van der Waals surface area (Å²) in [5.41, 5.74) is 6.81. The molecule has 1 aromatic rings. The summed E-state index contributed by atoms with van der Waals surface area (Å²) in [5.74, 6) is 2.37. The van der Waals surface area contributed by atoms with E-state index in [0.717, 1.165) is 30.6 Å². The van der Waals surface area contributed by atoms with Crippen molar-refractivity contribution in [2.45, 2.75) is 77.7 Å². The maximum absolute atomic E-state index is 10.1. The van der Waals surface area contributed by atoms with Crippen molar-refractivity contribution in [2.24, 2.45) is 17.3 Å². The molecule has 0 unspecified atom stereocenters. The molecule has 3 aliphatic rings. The standard InChI is InChI=1S/C21H30O/c1-13-4-6-18-17(14(13)2)8-9-20-19(18)7-5-15-12-16(22)10-11-21(15,20)3/h4,6,15-16,19-20,22H,5,7-12H2,1-3H3/t15-,16-,19-,20-,21-/m0/s1. The molecule has 2 saturated carbocycles. The molecule has 1 aromatic carbocycles. The van der Waals surface area contributed by atoms with Gasteiger partial charge in [-0.3, -0.25) is 0 Å². The quantitative estimate of drug-likeness (QED) is 0.721. The Kier molecular flexibility index (Phi) is 3.41. The monoisotopic (exact) mass is 298 g/mol. The van der Waals surface area contributed by atoms with Crippen molar-refractivity contribution in [3.8, 4) is 0 Å². The maximum Gasteiger partial charge on any atom is 0.0543 e. The Morgan fingerprint density at radius 1 is 1.09 bits per heavy atom. The van der Waals surface area contributed by atoms with E-state index in [1.807, 2.05) is 0 Å². The first-order valence-electron chi connectivity index (χ1n) is 9.27. The summed E-state index contributed by atoms with van der Waals surface area (Å²) < 4.78 is 0. The number of aliphatic hydroxyl groups is 1. The Bertz CT molecular complexity index is 590. The van der Waals surface area contributed by atoms with E-state index >= 15 is 0 Å². The summed E-state index contributed by atoms with van der Waals surface area (Å²) in [6.45, 7) is 7.12. The Morgan fingerprint density at radius 3 is 2.73 bits per heavy atom. The average Bonchev–Trinajstić information content (AvgIpc) is 2.51. The first-order valence-corrected chi connectivity index (χ1v) is 9.27. The van der Waals surface area contributed by atoms with Crippen molar-refractivity contribution in [3.63, 3.8) is 0 Å². The highest BCUT2D eigenvalue weighted by Crippen LogP contribution is 2.60. The summed E-state index contributed by atoms with van der Waals surface area (Å²) in [6, 6.07) is 4.78. The van der Waals surface area contributed by atoms with E-state index in [4.69, 9.17) is 0 Å². The Hall–Kier alpha value is -0.820. The van der Waals surface area contributed by atoms with Gasteiger partial charge in [0.25, 0.3) is 0 Å². The molecule has 0 bridgehead atoms. The van der Waals surface area contributed by atoms with Crippen molar-refractivity contribution in [3.05, 3.63) is 34.4 Å². The van der Waals surface area contributed by atoms with Crippen molar-refractivity contribution >= 4 is 0 Å². The number of aliphatic hydroxyl groups excluding tert-OH is 1. The number of benzene rings is 1. The van der Waals surface area contributed by atoms with Gasteiger partial charge in [0.15, 0.2) is 0 Å². The van der Waals surface area contributed by atoms with Crippen LogP contribution >= 0.6 is 0 Å². The van der Waals surface area contributed by atoms with E-state index in [9.17, 15) is 5.11 Å². The second-order valence-corrected chi connectivity index (χ2v) is 8.54. The molecule has 1 heteroatoms. The lowest BCUT2D eigenvalue weighted by Crippen LogP contribution is -2.48. The highest BCUT2D eigenvalue weighted by molar-refractivity contribution is 5.44. The Morgan fingerprint density at radius 2 is 1.91 bits per heavy atom. The predicted octanol–water partition coefficient (Wildman–Crippen LogP) is 4.91. The van der Waals surface area contributed by atoms with Crippen LogP contribution in [0.25, 0.3) is 0 Å². The van der Waals surface area contributed by atoms with Crippen LogP contribution in [0.5, 0.6) is 0 Å². The SMILES string of the molecule is Cc1ccc2c(c1C)CC[C@H]1[C@H]2CC[C@H]2C[C@@H](O)CC[C@@]21C. The summed E-state index contributed by atoms with van der Waals surface area (Å²) in [7, 11) is 0. The third kappa shape index (κ3) is 2.01. The molecule has 5 atom stereocenters. The van der Waals surface area contributed by atoms with Gasteiger partial charge in [-0.05, 0) is 104 Å². The van der Waals surface area contributed by atoms with Crippen LogP contribution in [-0.2, 0) is 6.42 Å². The van der Waals surface area contributed by atoms with Gasteiger partial charge in [-0.25, -0.2) is 0 Å². The van der Waals surface area contributed by atoms with Gasteiger partial charge in [0.2, 0.25) is 0 Å². The first kappa shape index (κ1) is 14.8. The predicted molar refractivity (Wildman–Crippen MR) is 91.2 cm³/mol. The van der Waals surface area contributed by atoms with Crippen LogP contribution in [0.3, 0.4) is 0 Å². The fraction of sp³-hybridized carbons (Fsp3) is 0.714. The number of aryl methyl sites for hydroxylation is 1. The second-order valence-electron chi connectivity index (χ2n) is 8.54. The molecule has 4 rings (SSSR count). The molecule has 3 aliphatic carbocycles. The first-order chi connectivity index (χ1) is 10.5. The van der Waals surface area contributed by atoms with E-state index in [0.29, 0.717) is 5.41 Å². The van der Waals surface area contributed by atoms with Gasteiger partial charge >= 0.3 is 0 Å². The molecule has 2 fully saturated rings. The highest BCUT2D eigenvalue weighted by Gasteiger charge is 2.51. The maximum atomic E-state index is 10.1. The minimum Gasteiger partial charge on any atom is -0.393 e. The van der Waals surface area contributed by atoms with Crippen molar-refractivity contribution < 1.29 is 5.11 Å². The molecule has 22 heavy (non-hydrogen) atoms. The minimum atomic E-state index is -0.0320. The third-order valence-corrected chi connectivity index (χ3v) is 7.67. The lowest BCUT2D eigenvalue weighted by Gasteiger charge is -2.56. The molecule has 0 aliphatic heterocycles. The van der Waals surface area contributed by atoms with E-state index in [1.54, 1.807) is 16.7 Å². The Balaban J connectivity index is 1.72. The molecule has 1 nitrogen and oxygen atoms in total.